The normalized spacial score (nSPS) is 17.2. The lowest BCUT2D eigenvalue weighted by atomic mass is 9.80. The summed E-state index contributed by atoms with van der Waals surface area (Å²) in [6.45, 7) is 11.7. The zero-order chi connectivity index (χ0) is 32.7. The van der Waals surface area contributed by atoms with E-state index in [0.717, 1.165) is 42.9 Å². The van der Waals surface area contributed by atoms with Crippen molar-refractivity contribution in [1.29, 1.82) is 0 Å². The highest BCUT2D eigenvalue weighted by atomic mass is 127. The standard InChI is InChI=1S/C34H49IN6O3S/c1-22(2)44-31-19-28(25-12-14-27(15-13-25)36-16-17-41(6)7)24(5)18-30(31)39-34-37-21-26(20-35)33(40-34)38-29-10-8-9-11-32(29)45(42,43)23(3)4/h8-11,18-19,21-23,25,27,36H,12-17,20H2,1-7H3,(H2,37,38,39,40). The fourth-order valence-electron chi connectivity index (χ4n) is 5.69. The molecule has 45 heavy (non-hydrogen) atoms. The van der Waals surface area contributed by atoms with E-state index in [1.54, 1.807) is 38.2 Å². The first-order valence-electron chi connectivity index (χ1n) is 15.9. The number of sulfone groups is 1. The molecule has 3 aromatic rings. The van der Waals surface area contributed by atoms with E-state index in [4.69, 9.17) is 9.72 Å². The highest BCUT2D eigenvalue weighted by molar-refractivity contribution is 14.1. The first-order valence-corrected chi connectivity index (χ1v) is 18.9. The Morgan fingerprint density at radius 3 is 2.38 bits per heavy atom. The number of aryl methyl sites for hydroxylation is 1. The highest BCUT2D eigenvalue weighted by Gasteiger charge is 2.26. The van der Waals surface area contributed by atoms with Crippen LogP contribution in [0, 0.1) is 6.92 Å². The van der Waals surface area contributed by atoms with Gasteiger partial charge in [-0.05, 0) is 116 Å². The molecular weight excluding hydrogens is 699 g/mol. The zero-order valence-corrected chi connectivity index (χ0v) is 30.6. The number of halogens is 1. The molecule has 0 unspecified atom stereocenters. The van der Waals surface area contributed by atoms with Crippen LogP contribution >= 0.6 is 22.6 Å². The van der Waals surface area contributed by atoms with Gasteiger partial charge in [-0.1, -0.05) is 34.7 Å². The van der Waals surface area contributed by atoms with E-state index in [2.05, 4.69) is 81.6 Å². The average Bonchev–Trinajstić information content (AvgIpc) is 2.99. The molecule has 1 saturated carbocycles. The Morgan fingerprint density at radius 2 is 1.73 bits per heavy atom. The Labute approximate surface area is 283 Å². The molecule has 1 fully saturated rings. The number of alkyl halides is 1. The summed E-state index contributed by atoms with van der Waals surface area (Å²) in [4.78, 5) is 11.9. The fraction of sp³-hybridized carbons (Fsp3) is 0.529. The topological polar surface area (TPSA) is 108 Å². The molecule has 3 N–H and O–H groups in total. The number of likely N-dealkylation sites (N-methyl/N-ethyl adjacent to an activating group) is 1. The van der Waals surface area contributed by atoms with Crippen LogP contribution in [-0.4, -0.2) is 67.9 Å². The Kier molecular flexibility index (Phi) is 12.5. The van der Waals surface area contributed by atoms with Gasteiger partial charge in [-0.3, -0.25) is 0 Å². The number of anilines is 4. The highest BCUT2D eigenvalue weighted by Crippen LogP contribution is 2.40. The Morgan fingerprint density at radius 1 is 1.02 bits per heavy atom. The largest absolute Gasteiger partial charge is 0.489 e. The second-order valence-electron chi connectivity index (χ2n) is 12.7. The number of rotatable bonds is 14. The Hall–Kier alpha value is -2.48. The minimum Gasteiger partial charge on any atom is -0.489 e. The molecule has 0 atom stereocenters. The third-order valence-electron chi connectivity index (χ3n) is 8.21. The van der Waals surface area contributed by atoms with Crippen molar-refractivity contribution in [3.63, 3.8) is 0 Å². The number of hydrogen-bond acceptors (Lipinski definition) is 9. The van der Waals surface area contributed by atoms with Crippen molar-refractivity contribution in [3.8, 4) is 5.75 Å². The SMILES string of the molecule is Cc1cc(Nc2ncc(CI)c(Nc3ccccc3S(=O)(=O)C(C)C)n2)c(OC(C)C)cc1C1CCC(NCCN(C)C)CC1. The molecule has 1 aliphatic carbocycles. The van der Waals surface area contributed by atoms with E-state index >= 15 is 0 Å². The zero-order valence-electron chi connectivity index (χ0n) is 27.7. The molecule has 0 aliphatic heterocycles. The van der Waals surface area contributed by atoms with E-state index in [0.29, 0.717) is 33.8 Å². The van der Waals surface area contributed by atoms with Crippen molar-refractivity contribution >= 4 is 55.6 Å². The molecule has 4 rings (SSSR count). The van der Waals surface area contributed by atoms with Crippen LogP contribution in [0.25, 0.3) is 0 Å². The molecule has 1 aliphatic rings. The number of hydrogen-bond donors (Lipinski definition) is 3. The smallest absolute Gasteiger partial charge is 0.229 e. The van der Waals surface area contributed by atoms with Gasteiger partial charge in [0.25, 0.3) is 0 Å². The second-order valence-corrected chi connectivity index (χ2v) is 16.0. The first-order chi connectivity index (χ1) is 21.4. The van der Waals surface area contributed by atoms with Crippen LogP contribution in [0.15, 0.2) is 47.5 Å². The number of ether oxygens (including phenoxy) is 1. The van der Waals surface area contributed by atoms with Crippen molar-refractivity contribution in [2.24, 2.45) is 0 Å². The van der Waals surface area contributed by atoms with Crippen molar-refractivity contribution in [1.82, 2.24) is 20.2 Å². The summed E-state index contributed by atoms with van der Waals surface area (Å²) >= 11 is 2.27. The van der Waals surface area contributed by atoms with Crippen LogP contribution in [0.3, 0.4) is 0 Å². The van der Waals surface area contributed by atoms with Crippen LogP contribution in [-0.2, 0) is 14.3 Å². The molecule has 0 saturated heterocycles. The number of para-hydroxylation sites is 1. The summed E-state index contributed by atoms with van der Waals surface area (Å²) < 4.78 is 33.1. The van der Waals surface area contributed by atoms with Crippen LogP contribution < -0.4 is 20.7 Å². The minimum absolute atomic E-state index is 0.00307. The lowest BCUT2D eigenvalue weighted by molar-refractivity contribution is 0.243. The van der Waals surface area contributed by atoms with Gasteiger partial charge in [0, 0.05) is 35.3 Å². The number of nitrogens with zero attached hydrogens (tertiary/aromatic N) is 3. The number of aromatic nitrogens is 2. The van der Waals surface area contributed by atoms with E-state index in [9.17, 15) is 8.42 Å². The van der Waals surface area contributed by atoms with Crippen LogP contribution in [0.1, 0.15) is 76.0 Å². The van der Waals surface area contributed by atoms with Crippen molar-refractivity contribution in [2.75, 3.05) is 37.8 Å². The average molecular weight is 749 g/mol. The first kappa shape index (κ1) is 35.4. The summed E-state index contributed by atoms with van der Waals surface area (Å²) in [5.74, 6) is 2.24. The monoisotopic (exact) mass is 748 g/mol. The van der Waals surface area contributed by atoms with Gasteiger partial charge in [-0.15, -0.1) is 0 Å². The van der Waals surface area contributed by atoms with Gasteiger partial charge in [-0.2, -0.15) is 4.98 Å². The molecule has 1 heterocycles. The predicted molar refractivity (Wildman–Crippen MR) is 194 cm³/mol. The summed E-state index contributed by atoms with van der Waals surface area (Å²) in [5.41, 5.74) is 4.73. The van der Waals surface area contributed by atoms with Crippen molar-refractivity contribution in [2.45, 2.75) is 92.9 Å². The Balaban J connectivity index is 1.58. The maximum atomic E-state index is 13.1. The van der Waals surface area contributed by atoms with Gasteiger partial charge < -0.3 is 25.6 Å². The lowest BCUT2D eigenvalue weighted by Crippen LogP contribution is -2.37. The van der Waals surface area contributed by atoms with Crippen LogP contribution in [0.5, 0.6) is 5.75 Å². The minimum atomic E-state index is -3.50. The maximum absolute atomic E-state index is 13.1. The molecule has 11 heteroatoms. The third kappa shape index (κ3) is 9.30. The summed E-state index contributed by atoms with van der Waals surface area (Å²) in [6, 6.07) is 11.9. The molecule has 0 spiro atoms. The van der Waals surface area contributed by atoms with E-state index < -0.39 is 15.1 Å². The van der Waals surface area contributed by atoms with Gasteiger partial charge in [0.05, 0.1) is 27.6 Å². The molecule has 246 valence electrons. The predicted octanol–water partition coefficient (Wildman–Crippen LogP) is 7.35. The van der Waals surface area contributed by atoms with Gasteiger partial charge in [0.1, 0.15) is 11.6 Å². The lowest BCUT2D eigenvalue weighted by Gasteiger charge is -2.31. The van der Waals surface area contributed by atoms with E-state index in [1.807, 2.05) is 19.9 Å². The van der Waals surface area contributed by atoms with E-state index in [-0.39, 0.29) is 11.0 Å². The quantitative estimate of drug-likeness (QED) is 0.115. The van der Waals surface area contributed by atoms with Crippen molar-refractivity contribution in [3.05, 3.63) is 59.3 Å². The molecule has 0 bridgehead atoms. The summed E-state index contributed by atoms with van der Waals surface area (Å²) in [5, 5.41) is 9.89. The van der Waals surface area contributed by atoms with Crippen LogP contribution in [0.2, 0.25) is 0 Å². The molecular formula is C34H49IN6O3S. The molecule has 9 nitrogen and oxygen atoms in total. The van der Waals surface area contributed by atoms with Crippen molar-refractivity contribution < 1.29 is 13.2 Å². The second kappa shape index (κ2) is 15.9. The molecule has 0 amide bonds. The van der Waals surface area contributed by atoms with Gasteiger partial charge in [0.2, 0.25) is 5.95 Å². The Bertz CT molecular complexity index is 1540. The molecule has 1 aromatic heterocycles. The van der Waals surface area contributed by atoms with Gasteiger partial charge >= 0.3 is 0 Å². The summed E-state index contributed by atoms with van der Waals surface area (Å²) in [7, 11) is 0.727. The van der Waals surface area contributed by atoms with Gasteiger partial charge in [0.15, 0.2) is 9.84 Å². The maximum Gasteiger partial charge on any atom is 0.229 e. The number of nitrogens with one attached hydrogen (secondary N) is 3. The third-order valence-corrected chi connectivity index (χ3v) is 11.2. The molecule has 0 radical (unpaired) electrons. The fourth-order valence-corrected chi connectivity index (χ4v) is 7.45. The van der Waals surface area contributed by atoms with E-state index in [1.165, 1.54) is 24.0 Å². The van der Waals surface area contributed by atoms with Gasteiger partial charge in [-0.25, -0.2) is 13.4 Å². The summed E-state index contributed by atoms with van der Waals surface area (Å²) in [6.07, 6.45) is 6.42. The number of benzene rings is 2. The molecule has 2 aromatic carbocycles. The van der Waals surface area contributed by atoms with Crippen LogP contribution in [0.4, 0.5) is 23.1 Å².